The molecule has 2 aliphatic heterocycles. The van der Waals surface area contributed by atoms with E-state index in [0.717, 1.165) is 5.48 Å². The van der Waals surface area contributed by atoms with Crippen LogP contribution in [0.2, 0.25) is 0 Å². The number of hydrogen-bond acceptors (Lipinski definition) is 6. The Hall–Kier alpha value is -2.46. The number of halogens is 3. The van der Waals surface area contributed by atoms with E-state index in [0.29, 0.717) is 37.2 Å². The van der Waals surface area contributed by atoms with Crippen LogP contribution in [-0.4, -0.2) is 41.6 Å². The molecule has 10 heteroatoms. The summed E-state index contributed by atoms with van der Waals surface area (Å²) in [5.74, 6) is 0.570. The maximum atomic E-state index is 12.3. The Balaban J connectivity index is 0.00000129. The Bertz CT molecular complexity index is 783. The van der Waals surface area contributed by atoms with E-state index in [9.17, 15) is 18.0 Å². The summed E-state index contributed by atoms with van der Waals surface area (Å²) in [5, 5.41) is 0. The van der Waals surface area contributed by atoms with Crippen LogP contribution < -0.4 is 10.2 Å². The van der Waals surface area contributed by atoms with E-state index >= 15 is 0 Å². The van der Waals surface area contributed by atoms with Gasteiger partial charge in [0.25, 0.3) is 0 Å². The fourth-order valence-corrected chi connectivity index (χ4v) is 3.15. The number of ether oxygens (including phenoxy) is 2. The van der Waals surface area contributed by atoms with Gasteiger partial charge in [-0.25, -0.2) is 4.79 Å². The molecule has 3 rings (SSSR count). The number of carbonyl (C=O) groups excluding carboxylic acids is 1. The van der Waals surface area contributed by atoms with E-state index in [4.69, 9.17) is 14.4 Å². The molecule has 1 amide bonds. The van der Waals surface area contributed by atoms with Gasteiger partial charge in [0.2, 0.25) is 0 Å². The van der Waals surface area contributed by atoms with E-state index in [1.54, 1.807) is 56.0 Å². The highest BCUT2D eigenvalue weighted by Crippen LogP contribution is 2.41. The van der Waals surface area contributed by atoms with Crippen LogP contribution in [0.5, 0.6) is 5.75 Å². The third kappa shape index (κ3) is 8.77. The van der Waals surface area contributed by atoms with Crippen molar-refractivity contribution in [2.75, 3.05) is 13.1 Å². The minimum Gasteiger partial charge on any atom is -0.482 e. The van der Waals surface area contributed by atoms with Gasteiger partial charge < -0.3 is 19.3 Å². The number of amides is 1. The summed E-state index contributed by atoms with van der Waals surface area (Å²) < 4.78 is 48.4. The third-order valence-electron chi connectivity index (χ3n) is 4.41. The van der Waals surface area contributed by atoms with Gasteiger partial charge in [-0.3, -0.25) is 0 Å². The van der Waals surface area contributed by atoms with Gasteiger partial charge in [-0.2, -0.15) is 13.2 Å². The Kier molecular flexibility index (Phi) is 10.5. The molecule has 1 aromatic rings. The van der Waals surface area contributed by atoms with Crippen molar-refractivity contribution in [1.82, 2.24) is 10.4 Å². The maximum Gasteiger partial charge on any atom is 0.483 e. The van der Waals surface area contributed by atoms with E-state index in [-0.39, 0.29) is 5.76 Å². The number of nitrogens with zero attached hydrogens (tertiary/aromatic N) is 1. The second-order valence-corrected chi connectivity index (χ2v) is 7.91. The van der Waals surface area contributed by atoms with Crippen LogP contribution in [0, 0.1) is 0 Å². The summed E-state index contributed by atoms with van der Waals surface area (Å²) in [5.41, 5.74) is -0.0997. The average molecular weight is 477 g/mol. The molecule has 1 N–H and O–H groups in total. The largest absolute Gasteiger partial charge is 0.483 e. The molecule has 0 radical (unpaired) electrons. The number of nitrogens with one attached hydrogen (secondary N) is 1. The van der Waals surface area contributed by atoms with Gasteiger partial charge in [0.15, 0.2) is 5.76 Å². The van der Waals surface area contributed by atoms with Crippen molar-refractivity contribution in [3.8, 4) is 5.75 Å². The first-order valence-electron chi connectivity index (χ1n) is 11.1. The monoisotopic (exact) mass is 476 g/mol. The van der Waals surface area contributed by atoms with Crippen LogP contribution in [0.3, 0.4) is 0 Å². The first-order chi connectivity index (χ1) is 15.5. The highest BCUT2D eigenvalue weighted by atomic mass is 19.4. The van der Waals surface area contributed by atoms with Crippen molar-refractivity contribution < 1.29 is 37.3 Å². The lowest BCUT2D eigenvalue weighted by Gasteiger charge is -2.42. The fraction of sp³-hybridized carbons (Fsp3) is 0.609. The summed E-state index contributed by atoms with van der Waals surface area (Å²) in [4.78, 5) is 22.9. The molecule has 33 heavy (non-hydrogen) atoms. The van der Waals surface area contributed by atoms with Crippen molar-refractivity contribution >= 4 is 11.9 Å². The quantitative estimate of drug-likeness (QED) is 0.318. The van der Waals surface area contributed by atoms with Crippen LogP contribution in [0.15, 0.2) is 30.3 Å². The smallest absolute Gasteiger partial charge is 0.482 e. The number of alkyl halides is 3. The molecule has 2 aliphatic rings. The van der Waals surface area contributed by atoms with Crippen molar-refractivity contribution in [3.63, 3.8) is 0 Å². The van der Waals surface area contributed by atoms with E-state index in [1.807, 2.05) is 27.7 Å². The number of carbonyl (C=O) groups is 1. The van der Waals surface area contributed by atoms with Crippen molar-refractivity contribution in [3.05, 3.63) is 35.9 Å². The van der Waals surface area contributed by atoms with Crippen LogP contribution in [0.1, 0.15) is 66.9 Å². The highest BCUT2D eigenvalue weighted by Gasteiger charge is 2.41. The number of fused-ring (bicyclic) bond motifs is 1. The van der Waals surface area contributed by atoms with Gasteiger partial charge in [0, 0.05) is 32.0 Å². The van der Waals surface area contributed by atoms with E-state index in [2.05, 4.69) is 4.99 Å². The molecule has 1 aromatic carbocycles. The normalized spacial score (nSPS) is 16.7. The van der Waals surface area contributed by atoms with Crippen LogP contribution in [0.25, 0.3) is 5.76 Å². The highest BCUT2D eigenvalue weighted by molar-refractivity contribution is 5.70. The molecule has 0 aliphatic carbocycles. The lowest BCUT2D eigenvalue weighted by Crippen LogP contribution is -2.50. The second kappa shape index (κ2) is 12.1. The van der Waals surface area contributed by atoms with Crippen molar-refractivity contribution in [2.45, 2.75) is 78.8 Å². The van der Waals surface area contributed by atoms with E-state index in [1.165, 1.54) is 0 Å². The lowest BCUT2D eigenvalue weighted by atomic mass is 9.87. The number of likely N-dealkylation sites (tertiary alicyclic amines) is 1. The Morgan fingerprint density at radius 3 is 2.18 bits per heavy atom. The fourth-order valence-electron chi connectivity index (χ4n) is 3.15. The molecular formula is C23H35F3N2O5. The zero-order chi connectivity index (χ0) is 25.3. The zero-order valence-corrected chi connectivity index (χ0v) is 20.3. The van der Waals surface area contributed by atoms with Gasteiger partial charge in [-0.05, 0) is 32.9 Å². The SMILES string of the molecule is CC.CC.CC(C)(C)OC(=O)N1CCC2(C=C(OONC(F)(F)F)c3ccccc3O2)CC1. The lowest BCUT2D eigenvalue weighted by molar-refractivity contribution is -0.365. The number of rotatable bonds is 3. The molecule has 0 bridgehead atoms. The van der Waals surface area contributed by atoms with Gasteiger partial charge >= 0.3 is 12.4 Å². The molecule has 0 unspecified atom stereocenters. The number of hydrogen-bond donors (Lipinski definition) is 1. The zero-order valence-electron chi connectivity index (χ0n) is 20.3. The Labute approximate surface area is 193 Å². The average Bonchev–Trinajstić information content (AvgIpc) is 2.75. The third-order valence-corrected chi connectivity index (χ3v) is 4.41. The summed E-state index contributed by atoms with van der Waals surface area (Å²) in [6, 6.07) is 6.81. The molecule has 1 saturated heterocycles. The number of piperidine rings is 1. The van der Waals surface area contributed by atoms with Crippen LogP contribution in [0.4, 0.5) is 18.0 Å². The minimum atomic E-state index is -4.75. The summed E-state index contributed by atoms with van der Waals surface area (Å²) in [6.45, 7) is 14.1. The summed E-state index contributed by atoms with van der Waals surface area (Å²) >= 11 is 0. The summed E-state index contributed by atoms with van der Waals surface area (Å²) in [6.07, 6.45) is -2.73. The predicted molar refractivity (Wildman–Crippen MR) is 119 cm³/mol. The van der Waals surface area contributed by atoms with Gasteiger partial charge in [-0.15, -0.1) is 0 Å². The molecule has 0 saturated carbocycles. The van der Waals surface area contributed by atoms with E-state index < -0.39 is 23.6 Å². The van der Waals surface area contributed by atoms with Gasteiger partial charge in [0.1, 0.15) is 17.0 Å². The number of benzene rings is 1. The Morgan fingerprint density at radius 2 is 1.64 bits per heavy atom. The molecule has 0 atom stereocenters. The molecule has 1 fully saturated rings. The number of para-hydroxylation sites is 1. The second-order valence-electron chi connectivity index (χ2n) is 7.91. The molecule has 1 spiro atoms. The maximum absolute atomic E-state index is 12.3. The summed E-state index contributed by atoms with van der Waals surface area (Å²) in [7, 11) is 0. The number of hydroxylamine groups is 1. The first kappa shape index (κ1) is 28.6. The predicted octanol–water partition coefficient (Wildman–Crippen LogP) is 6.21. The Morgan fingerprint density at radius 1 is 1.06 bits per heavy atom. The van der Waals surface area contributed by atoms with Gasteiger partial charge in [0.05, 0.1) is 5.56 Å². The first-order valence-corrected chi connectivity index (χ1v) is 11.1. The van der Waals surface area contributed by atoms with Crippen molar-refractivity contribution in [1.29, 1.82) is 0 Å². The topological polar surface area (TPSA) is 69.3 Å². The van der Waals surface area contributed by atoms with Crippen LogP contribution >= 0.6 is 0 Å². The molecule has 0 aromatic heterocycles. The molecule has 7 nitrogen and oxygen atoms in total. The minimum absolute atomic E-state index is 0.106. The molecular weight excluding hydrogens is 441 g/mol. The standard InChI is InChI=1S/C19H23F3N2O5.2C2H6/c1-17(2,3)27-16(25)24-10-8-18(9-11-24)12-15(28-29-23-19(20,21)22)13-6-4-5-7-14(13)26-18;2*1-2/h4-7,12,23H,8-11H2,1-3H3;2*1-2H3. The molecule has 2 heterocycles. The van der Waals surface area contributed by atoms with Gasteiger partial charge in [-0.1, -0.05) is 50.3 Å². The van der Waals surface area contributed by atoms with Crippen molar-refractivity contribution in [2.24, 2.45) is 0 Å². The molecule has 188 valence electrons. The van der Waals surface area contributed by atoms with Crippen LogP contribution in [-0.2, 0) is 14.6 Å².